The maximum atomic E-state index is 13.2. The quantitative estimate of drug-likeness (QED) is 0.0521. The van der Waals surface area contributed by atoms with E-state index in [1.807, 2.05) is 104 Å². The summed E-state index contributed by atoms with van der Waals surface area (Å²) in [6.07, 6.45) is 0.917. The normalized spacial score (nSPS) is 14.0. The van der Waals surface area contributed by atoms with Crippen LogP contribution in [0.4, 0.5) is 16.2 Å². The molecule has 6 N–H and O–H groups in total. The average Bonchev–Trinajstić information content (AvgIpc) is 3.33. The number of pyridine rings is 1. The van der Waals surface area contributed by atoms with Crippen LogP contribution in [0.1, 0.15) is 54.5 Å². The Morgan fingerprint density at radius 1 is 0.894 bits per heavy atom. The second kappa shape index (κ2) is 22.3. The van der Waals surface area contributed by atoms with Gasteiger partial charge in [-0.05, 0) is 84.8 Å². The second-order valence-corrected chi connectivity index (χ2v) is 16.8. The molecule has 0 spiro atoms. The van der Waals surface area contributed by atoms with Crippen molar-refractivity contribution in [3.05, 3.63) is 154 Å². The number of amides is 3. The van der Waals surface area contributed by atoms with E-state index in [0.717, 1.165) is 46.6 Å². The van der Waals surface area contributed by atoms with Gasteiger partial charge in [-0.15, -0.1) is 0 Å². The van der Waals surface area contributed by atoms with Gasteiger partial charge in [0, 0.05) is 80.5 Å². The molecule has 14 nitrogen and oxygen atoms in total. The number of nitrogens with one attached hydrogen (secondary N) is 4. The number of phenolic OH excluding ortho intramolecular Hbond substituents is 1. The maximum absolute atomic E-state index is 13.2. The Balaban J connectivity index is 0.814. The van der Waals surface area contributed by atoms with Gasteiger partial charge in [-0.25, -0.2) is 4.79 Å². The van der Waals surface area contributed by atoms with Gasteiger partial charge in [0.15, 0.2) is 0 Å². The van der Waals surface area contributed by atoms with E-state index >= 15 is 0 Å². The van der Waals surface area contributed by atoms with Crippen LogP contribution in [0.3, 0.4) is 0 Å². The summed E-state index contributed by atoms with van der Waals surface area (Å²) >= 11 is 0. The summed E-state index contributed by atoms with van der Waals surface area (Å²) in [6, 6.07) is 36.9. The highest BCUT2D eigenvalue weighted by Crippen LogP contribution is 2.30. The first-order valence-corrected chi connectivity index (χ1v) is 22.3. The van der Waals surface area contributed by atoms with Crippen molar-refractivity contribution in [1.82, 2.24) is 20.5 Å². The number of carbonyl (C=O) groups is 3. The van der Waals surface area contributed by atoms with Crippen molar-refractivity contribution in [2.75, 3.05) is 50.6 Å². The molecule has 0 aliphatic carbocycles. The van der Waals surface area contributed by atoms with Gasteiger partial charge in [-0.2, -0.15) is 0 Å². The fourth-order valence-electron chi connectivity index (χ4n) is 8.34. The van der Waals surface area contributed by atoms with Crippen LogP contribution in [0.15, 0.2) is 126 Å². The number of phenols is 1. The van der Waals surface area contributed by atoms with Crippen molar-refractivity contribution in [3.8, 4) is 22.6 Å². The minimum absolute atomic E-state index is 0.00722. The van der Waals surface area contributed by atoms with Crippen molar-refractivity contribution in [2.24, 2.45) is 0 Å². The van der Waals surface area contributed by atoms with Crippen LogP contribution in [-0.4, -0.2) is 90.5 Å². The van der Waals surface area contributed by atoms with Crippen LogP contribution >= 0.6 is 0 Å². The first kappa shape index (κ1) is 47.0. The number of methoxy groups -OCH3 is 1. The van der Waals surface area contributed by atoms with E-state index in [1.54, 1.807) is 31.2 Å². The zero-order chi connectivity index (χ0) is 46.6. The van der Waals surface area contributed by atoms with Crippen molar-refractivity contribution in [3.63, 3.8) is 0 Å². The molecule has 3 amide bonds. The standard InChI is InChI=1S/C52H58N6O8/c1-34(53-33-46(60)42-18-20-45(59)51-43(42)19-22-48(61)56-51)29-36-15-21-47(65-3)38(30-36)31-49(62)54-32-35-13-16-39(17-14-35)57(2)50(63)25-28-58-26-23-40(24-27-58)66-52(64)55-44-12-8-7-11-41(44)37-9-5-4-6-10-37/h4-22,30,34,40,46,53,59-60H,23-29,31-33H2,1-3H3,(H,54,62)(H,55,64)(H,56,61)/t34?,46-/m0/s1. The second-order valence-electron chi connectivity index (χ2n) is 16.8. The Kier molecular flexibility index (Phi) is 15.8. The SMILES string of the molecule is COc1ccc(CC(C)NC[C@H](O)c2ccc(O)c3[nH]c(=O)ccc23)cc1CC(=O)NCc1ccc(N(C)C(=O)CCN2CCC(OC(=O)Nc3ccccc3-c3ccccc3)CC2)cc1. The number of anilines is 2. The fourth-order valence-corrected chi connectivity index (χ4v) is 8.34. The van der Waals surface area contributed by atoms with Crippen molar-refractivity contribution in [2.45, 2.75) is 63.8 Å². The molecule has 1 aliphatic heterocycles. The number of aromatic amines is 1. The maximum Gasteiger partial charge on any atom is 0.411 e. The number of rotatable bonds is 18. The van der Waals surface area contributed by atoms with Crippen LogP contribution in [0, 0.1) is 0 Å². The van der Waals surface area contributed by atoms with Crippen LogP contribution in [0.25, 0.3) is 22.0 Å². The molecule has 7 rings (SSSR count). The Morgan fingerprint density at radius 2 is 1.62 bits per heavy atom. The zero-order valence-corrected chi connectivity index (χ0v) is 37.6. The molecule has 6 aromatic rings. The Labute approximate surface area is 384 Å². The molecule has 0 saturated carbocycles. The molecule has 2 atom stereocenters. The number of likely N-dealkylation sites (tertiary alicyclic amines) is 1. The number of aliphatic hydroxyl groups is 1. The van der Waals surface area contributed by atoms with E-state index in [4.69, 9.17) is 9.47 Å². The van der Waals surface area contributed by atoms with Crippen molar-refractivity contribution in [1.29, 1.82) is 0 Å². The molecule has 1 saturated heterocycles. The van der Waals surface area contributed by atoms with E-state index in [9.17, 15) is 29.4 Å². The molecule has 1 fully saturated rings. The smallest absolute Gasteiger partial charge is 0.411 e. The van der Waals surface area contributed by atoms with Crippen molar-refractivity contribution < 1.29 is 34.1 Å². The number of carbonyl (C=O) groups excluding carboxylic acids is 3. The zero-order valence-electron chi connectivity index (χ0n) is 37.6. The van der Waals surface area contributed by atoms with Gasteiger partial charge in [-0.3, -0.25) is 19.7 Å². The summed E-state index contributed by atoms with van der Waals surface area (Å²) in [4.78, 5) is 57.5. The molecule has 2 heterocycles. The van der Waals surface area contributed by atoms with E-state index in [0.29, 0.717) is 61.2 Å². The molecule has 0 bridgehead atoms. The highest BCUT2D eigenvalue weighted by atomic mass is 16.6. The number of aromatic nitrogens is 1. The lowest BCUT2D eigenvalue weighted by atomic mass is 10.0. The number of nitrogens with zero attached hydrogens (tertiary/aromatic N) is 2. The van der Waals surface area contributed by atoms with Crippen molar-refractivity contribution >= 4 is 40.2 Å². The first-order chi connectivity index (χ1) is 31.9. The highest BCUT2D eigenvalue weighted by molar-refractivity contribution is 5.93. The van der Waals surface area contributed by atoms with E-state index in [-0.39, 0.29) is 53.8 Å². The summed E-state index contributed by atoms with van der Waals surface area (Å²) in [6.45, 7) is 4.63. The summed E-state index contributed by atoms with van der Waals surface area (Å²) in [5.41, 5.74) is 6.56. The van der Waals surface area contributed by atoms with E-state index in [2.05, 4.69) is 25.8 Å². The number of aromatic hydroxyl groups is 1. The summed E-state index contributed by atoms with van der Waals surface area (Å²) in [5.74, 6) is 0.376. The summed E-state index contributed by atoms with van der Waals surface area (Å²) in [7, 11) is 3.34. The Bertz CT molecular complexity index is 2660. The predicted octanol–water partition coefficient (Wildman–Crippen LogP) is 7.09. The third-order valence-electron chi connectivity index (χ3n) is 12.0. The van der Waals surface area contributed by atoms with Crippen LogP contribution in [0.2, 0.25) is 0 Å². The van der Waals surface area contributed by atoms with Crippen LogP contribution in [0.5, 0.6) is 11.5 Å². The predicted molar refractivity (Wildman–Crippen MR) is 257 cm³/mol. The number of benzene rings is 5. The van der Waals surface area contributed by atoms with Gasteiger partial charge < -0.3 is 45.1 Å². The number of hydrogen-bond donors (Lipinski definition) is 6. The van der Waals surface area contributed by atoms with Gasteiger partial charge in [0.1, 0.15) is 17.6 Å². The van der Waals surface area contributed by atoms with E-state index in [1.165, 1.54) is 12.1 Å². The fraction of sp³-hybridized carbons (Fsp3) is 0.308. The van der Waals surface area contributed by atoms with E-state index < -0.39 is 12.2 Å². The lowest BCUT2D eigenvalue weighted by molar-refractivity contribution is -0.120. The highest BCUT2D eigenvalue weighted by Gasteiger charge is 2.24. The van der Waals surface area contributed by atoms with Crippen LogP contribution in [-0.2, 0) is 33.7 Å². The monoisotopic (exact) mass is 894 g/mol. The first-order valence-electron chi connectivity index (χ1n) is 22.3. The largest absolute Gasteiger partial charge is 0.506 e. The molecular weight excluding hydrogens is 837 g/mol. The summed E-state index contributed by atoms with van der Waals surface area (Å²) in [5, 5.41) is 31.1. The summed E-state index contributed by atoms with van der Waals surface area (Å²) < 4.78 is 11.4. The molecule has 1 aromatic heterocycles. The minimum atomic E-state index is -0.886. The molecule has 5 aromatic carbocycles. The average molecular weight is 895 g/mol. The Hall–Kier alpha value is -7.00. The van der Waals surface area contributed by atoms with Gasteiger partial charge in [0.05, 0.1) is 30.8 Å². The number of aliphatic hydroxyl groups excluding tert-OH is 1. The number of fused-ring (bicyclic) bond motifs is 1. The lowest BCUT2D eigenvalue weighted by Gasteiger charge is -2.31. The number of piperidine rings is 1. The molecule has 1 aliphatic rings. The van der Waals surface area contributed by atoms with Gasteiger partial charge >= 0.3 is 6.09 Å². The number of hydrogen-bond acceptors (Lipinski definition) is 10. The molecular formula is C52H58N6O8. The lowest BCUT2D eigenvalue weighted by Crippen LogP contribution is -2.40. The minimum Gasteiger partial charge on any atom is -0.506 e. The Morgan fingerprint density at radius 3 is 2.38 bits per heavy atom. The molecule has 0 radical (unpaired) electrons. The van der Waals surface area contributed by atoms with Gasteiger partial charge in [0.25, 0.3) is 0 Å². The van der Waals surface area contributed by atoms with Gasteiger partial charge in [-0.1, -0.05) is 78.9 Å². The third-order valence-corrected chi connectivity index (χ3v) is 12.0. The number of H-pyrrole nitrogens is 1. The molecule has 66 heavy (non-hydrogen) atoms. The topological polar surface area (TPSA) is 186 Å². The van der Waals surface area contributed by atoms with Gasteiger partial charge in [0.2, 0.25) is 17.4 Å². The third kappa shape index (κ3) is 12.4. The molecule has 14 heteroatoms. The molecule has 1 unspecified atom stereocenters. The molecule has 344 valence electrons. The number of para-hydroxylation sites is 1. The number of ether oxygens (including phenoxy) is 2. The van der Waals surface area contributed by atoms with Crippen LogP contribution < -0.4 is 31.1 Å².